The van der Waals surface area contributed by atoms with Gasteiger partial charge in [0.2, 0.25) is 17.8 Å². The number of anilines is 2. The third kappa shape index (κ3) is 8.05. The minimum absolute atomic E-state index is 0.00914. The number of carbonyl (C=O) groups excluding carboxylic acids is 2. The molecule has 0 bridgehead atoms. The molecular weight excluding hydrogens is 600 g/mol. The van der Waals surface area contributed by atoms with Crippen molar-refractivity contribution in [2.45, 2.75) is 58.2 Å². The third-order valence-electron chi connectivity index (χ3n) is 7.53. The summed E-state index contributed by atoms with van der Waals surface area (Å²) in [6.07, 6.45) is -0.918. The first-order chi connectivity index (χ1) is 22.9. The molecule has 5 aromatic rings. The fourth-order valence-electron chi connectivity index (χ4n) is 5.42. The van der Waals surface area contributed by atoms with Gasteiger partial charge in [0, 0.05) is 13.8 Å². The van der Waals surface area contributed by atoms with Gasteiger partial charge >= 0.3 is 0 Å². The van der Waals surface area contributed by atoms with E-state index in [1.54, 1.807) is 10.9 Å². The summed E-state index contributed by atoms with van der Waals surface area (Å²) in [5.41, 5.74) is 3.68. The van der Waals surface area contributed by atoms with Crippen LogP contribution in [0.5, 0.6) is 0 Å². The average Bonchev–Trinajstić information content (AvgIpc) is 3.64. The Kier molecular flexibility index (Phi) is 10.2. The second-order valence-electron chi connectivity index (χ2n) is 11.2. The summed E-state index contributed by atoms with van der Waals surface area (Å²) in [5.74, 6) is -0.547. The van der Waals surface area contributed by atoms with Crippen molar-refractivity contribution < 1.29 is 28.5 Å². The van der Waals surface area contributed by atoms with E-state index in [0.29, 0.717) is 31.0 Å². The van der Waals surface area contributed by atoms with E-state index in [4.69, 9.17) is 18.9 Å². The van der Waals surface area contributed by atoms with Crippen molar-refractivity contribution in [2.24, 2.45) is 0 Å². The number of benzene rings is 3. The molecule has 12 nitrogen and oxygen atoms in total. The maximum Gasteiger partial charge on any atom is 0.233 e. The monoisotopic (exact) mass is 636 g/mol. The van der Waals surface area contributed by atoms with Gasteiger partial charge in [0.15, 0.2) is 23.2 Å². The molecule has 3 heterocycles. The molecule has 0 aliphatic carbocycles. The number of rotatable bonds is 13. The van der Waals surface area contributed by atoms with Crippen LogP contribution in [0.2, 0.25) is 0 Å². The lowest BCUT2D eigenvalue weighted by Crippen LogP contribution is -2.38. The zero-order valence-corrected chi connectivity index (χ0v) is 26.1. The molecule has 1 fully saturated rings. The van der Waals surface area contributed by atoms with Crippen molar-refractivity contribution in [1.29, 1.82) is 0 Å². The minimum atomic E-state index is -0.764. The topological polar surface area (TPSA) is 139 Å². The van der Waals surface area contributed by atoms with Gasteiger partial charge in [-0.25, -0.2) is 4.98 Å². The third-order valence-corrected chi connectivity index (χ3v) is 7.53. The van der Waals surface area contributed by atoms with Crippen molar-refractivity contribution in [3.63, 3.8) is 0 Å². The molecule has 1 aliphatic heterocycles. The van der Waals surface area contributed by atoms with E-state index in [-0.39, 0.29) is 30.2 Å². The Labute approximate surface area is 272 Å². The van der Waals surface area contributed by atoms with Crippen molar-refractivity contribution in [1.82, 2.24) is 19.5 Å². The first-order valence-corrected chi connectivity index (χ1v) is 15.3. The molecule has 6 rings (SSSR count). The molecular formula is C35H36N6O6. The number of nitrogens with one attached hydrogen (secondary N) is 2. The van der Waals surface area contributed by atoms with Crippen LogP contribution in [0.25, 0.3) is 11.2 Å². The zero-order chi connectivity index (χ0) is 32.6. The summed E-state index contributed by atoms with van der Waals surface area (Å²) in [6.45, 7) is 3.97. The summed E-state index contributed by atoms with van der Waals surface area (Å²) in [5, 5.41) is 5.29. The van der Waals surface area contributed by atoms with Crippen molar-refractivity contribution in [2.75, 3.05) is 17.2 Å². The lowest BCUT2D eigenvalue weighted by molar-refractivity contribution is -0.115. The molecule has 2 N–H and O–H groups in total. The molecule has 0 unspecified atom stereocenters. The van der Waals surface area contributed by atoms with Gasteiger partial charge in [0.25, 0.3) is 0 Å². The molecule has 0 saturated carbocycles. The molecule has 4 atom stereocenters. The van der Waals surface area contributed by atoms with E-state index in [9.17, 15) is 9.59 Å². The Morgan fingerprint density at radius 3 is 1.87 bits per heavy atom. The summed E-state index contributed by atoms with van der Waals surface area (Å²) in [4.78, 5) is 37.4. The Balaban J connectivity index is 1.36. The van der Waals surface area contributed by atoms with Gasteiger partial charge in [0.1, 0.15) is 18.3 Å². The smallest absolute Gasteiger partial charge is 0.233 e. The standard InChI is InChI=1S/C35H36N6O6/c1-23(42)37-32-29-33(40-35(39-32)38-24(2)43)41(22-36-29)34-31(46-20-27-16-10-5-11-17-27)30(45-19-26-14-8-4-9-15-26)28(47-34)21-44-18-25-12-6-3-7-13-25/h3-17,22,28,30-31,34H,18-21H2,1-2H3,(H2,37,38,39,40,42,43)/t28-,30-,31+,34-/m1/s1. The number of imidazole rings is 1. The normalized spacial score (nSPS) is 19.1. The highest BCUT2D eigenvalue weighted by Gasteiger charge is 2.48. The van der Waals surface area contributed by atoms with Crippen LogP contribution < -0.4 is 10.6 Å². The lowest BCUT2D eigenvalue weighted by atomic mass is 10.1. The minimum Gasteiger partial charge on any atom is -0.374 e. The van der Waals surface area contributed by atoms with E-state index in [1.165, 1.54) is 13.8 Å². The number of amides is 2. The van der Waals surface area contributed by atoms with Gasteiger partial charge in [-0.2, -0.15) is 9.97 Å². The predicted octanol–water partition coefficient (Wildman–Crippen LogP) is 5.03. The van der Waals surface area contributed by atoms with Crippen molar-refractivity contribution in [3.05, 3.63) is 114 Å². The van der Waals surface area contributed by atoms with Crippen LogP contribution in [0, 0.1) is 0 Å². The summed E-state index contributed by atoms with van der Waals surface area (Å²) < 4.78 is 27.8. The van der Waals surface area contributed by atoms with Crippen LogP contribution in [0.4, 0.5) is 11.8 Å². The van der Waals surface area contributed by atoms with Crippen LogP contribution in [-0.2, 0) is 48.4 Å². The van der Waals surface area contributed by atoms with Gasteiger partial charge in [-0.3, -0.25) is 19.5 Å². The van der Waals surface area contributed by atoms with Gasteiger partial charge < -0.3 is 24.3 Å². The Morgan fingerprint density at radius 1 is 0.745 bits per heavy atom. The molecule has 0 radical (unpaired) electrons. The molecule has 0 spiro atoms. The summed E-state index contributed by atoms with van der Waals surface area (Å²) in [7, 11) is 0. The zero-order valence-electron chi connectivity index (χ0n) is 26.1. The number of carbonyl (C=O) groups is 2. The largest absolute Gasteiger partial charge is 0.374 e. The van der Waals surface area contributed by atoms with E-state index < -0.39 is 24.5 Å². The molecule has 1 aliphatic rings. The van der Waals surface area contributed by atoms with Crippen molar-refractivity contribution >= 4 is 34.7 Å². The summed E-state index contributed by atoms with van der Waals surface area (Å²) >= 11 is 0. The van der Waals surface area contributed by atoms with E-state index in [0.717, 1.165) is 16.7 Å². The first-order valence-electron chi connectivity index (χ1n) is 15.3. The van der Waals surface area contributed by atoms with Gasteiger partial charge in [-0.15, -0.1) is 0 Å². The van der Waals surface area contributed by atoms with Crippen LogP contribution >= 0.6 is 0 Å². The number of ether oxygens (including phenoxy) is 4. The molecule has 1 saturated heterocycles. The Morgan fingerprint density at radius 2 is 1.30 bits per heavy atom. The second-order valence-corrected chi connectivity index (χ2v) is 11.2. The maximum absolute atomic E-state index is 12.0. The molecule has 47 heavy (non-hydrogen) atoms. The quantitative estimate of drug-likeness (QED) is 0.182. The van der Waals surface area contributed by atoms with Gasteiger partial charge in [-0.05, 0) is 16.7 Å². The number of nitrogens with zero attached hydrogens (tertiary/aromatic N) is 4. The molecule has 12 heteroatoms. The second kappa shape index (κ2) is 15.1. The highest BCUT2D eigenvalue weighted by Crippen LogP contribution is 2.37. The van der Waals surface area contributed by atoms with E-state index in [2.05, 4.69) is 25.6 Å². The van der Waals surface area contributed by atoms with Crippen molar-refractivity contribution in [3.8, 4) is 0 Å². The van der Waals surface area contributed by atoms with E-state index in [1.807, 2.05) is 91.0 Å². The van der Waals surface area contributed by atoms with Crippen LogP contribution in [0.1, 0.15) is 36.8 Å². The van der Waals surface area contributed by atoms with E-state index >= 15 is 0 Å². The summed E-state index contributed by atoms with van der Waals surface area (Å²) in [6, 6.07) is 29.6. The predicted molar refractivity (Wildman–Crippen MR) is 174 cm³/mol. The van der Waals surface area contributed by atoms with Gasteiger partial charge in [0.05, 0.1) is 32.8 Å². The van der Waals surface area contributed by atoms with Crippen LogP contribution in [0.3, 0.4) is 0 Å². The molecule has 3 aromatic carbocycles. The lowest BCUT2D eigenvalue weighted by Gasteiger charge is -2.25. The molecule has 2 amide bonds. The SMILES string of the molecule is CC(=O)Nc1nc(NC(C)=O)c2ncn([C@@H]3O[C@H](COCc4ccccc4)[C@@H](OCc4ccccc4)[C@@H]3OCc3ccccc3)c2n1. The Hall–Kier alpha value is -5.01. The molecule has 242 valence electrons. The fourth-order valence-corrected chi connectivity index (χ4v) is 5.42. The van der Waals surface area contributed by atoms with Crippen LogP contribution in [0.15, 0.2) is 97.3 Å². The number of aromatic nitrogens is 4. The first kappa shape index (κ1) is 32.0. The fraction of sp³-hybridized carbons (Fsp3) is 0.286. The highest BCUT2D eigenvalue weighted by molar-refractivity contribution is 5.97. The number of hydrogen-bond acceptors (Lipinski definition) is 9. The average molecular weight is 637 g/mol. The number of fused-ring (bicyclic) bond motifs is 1. The maximum atomic E-state index is 12.0. The van der Waals surface area contributed by atoms with Gasteiger partial charge in [-0.1, -0.05) is 91.0 Å². The Bertz CT molecular complexity index is 1790. The molecule has 2 aromatic heterocycles. The van der Waals surface area contributed by atoms with Crippen LogP contribution in [-0.4, -0.2) is 56.3 Å². The highest BCUT2D eigenvalue weighted by atomic mass is 16.6. The number of hydrogen-bond donors (Lipinski definition) is 2.